The molecule has 1 aliphatic carbocycles. The normalized spacial score (nSPS) is 13.4. The Morgan fingerprint density at radius 1 is 1.00 bits per heavy atom. The lowest BCUT2D eigenvalue weighted by atomic mass is 9.98. The highest BCUT2D eigenvalue weighted by molar-refractivity contribution is 5.88. The third-order valence-corrected chi connectivity index (χ3v) is 5.69. The molecule has 0 spiro atoms. The smallest absolute Gasteiger partial charge is 0.407 e. The van der Waals surface area contributed by atoms with Gasteiger partial charge >= 0.3 is 12.1 Å². The van der Waals surface area contributed by atoms with E-state index in [-0.39, 0.29) is 25.1 Å². The van der Waals surface area contributed by atoms with Gasteiger partial charge in [-0.15, -0.1) is 0 Å². The van der Waals surface area contributed by atoms with Crippen molar-refractivity contribution >= 4 is 18.0 Å². The lowest BCUT2D eigenvalue weighted by Crippen LogP contribution is -2.55. The summed E-state index contributed by atoms with van der Waals surface area (Å²) in [6.45, 7) is 3.38. The molecular formula is C25H31N3O5. The number of likely N-dealkylation sites (N-methyl/N-ethyl adjacent to an activating group) is 1. The number of hydrogen-bond donors (Lipinski definition) is 2. The van der Waals surface area contributed by atoms with E-state index in [9.17, 15) is 19.5 Å². The van der Waals surface area contributed by atoms with Crippen molar-refractivity contribution in [3.63, 3.8) is 0 Å². The van der Waals surface area contributed by atoms with Crippen LogP contribution in [0.1, 0.15) is 30.9 Å². The third kappa shape index (κ3) is 5.70. The van der Waals surface area contributed by atoms with Gasteiger partial charge in [0.2, 0.25) is 5.91 Å². The van der Waals surface area contributed by atoms with Crippen LogP contribution in [0.5, 0.6) is 0 Å². The number of amides is 2. The second-order valence-electron chi connectivity index (χ2n) is 8.74. The van der Waals surface area contributed by atoms with Crippen molar-refractivity contribution in [3.8, 4) is 11.1 Å². The molecule has 2 aromatic carbocycles. The average molecular weight is 454 g/mol. The lowest BCUT2D eigenvalue weighted by Gasteiger charge is -2.30. The van der Waals surface area contributed by atoms with Crippen LogP contribution in [0.15, 0.2) is 48.5 Å². The SMILES string of the molecule is CC(C)N(CC(=O)O)C(=O)[C@H](CN(C)C)NC(=O)OCC1c2ccccc2-c2ccccc21. The Morgan fingerprint density at radius 3 is 2.03 bits per heavy atom. The van der Waals surface area contributed by atoms with Gasteiger partial charge in [-0.2, -0.15) is 0 Å². The van der Waals surface area contributed by atoms with Crippen molar-refractivity contribution in [1.29, 1.82) is 0 Å². The summed E-state index contributed by atoms with van der Waals surface area (Å²) in [6, 6.07) is 14.8. The fourth-order valence-electron chi connectivity index (χ4n) is 4.19. The van der Waals surface area contributed by atoms with E-state index in [0.29, 0.717) is 0 Å². The van der Waals surface area contributed by atoms with Crippen LogP contribution < -0.4 is 5.32 Å². The van der Waals surface area contributed by atoms with Crippen molar-refractivity contribution in [2.45, 2.75) is 31.8 Å². The molecular weight excluding hydrogens is 422 g/mol. The van der Waals surface area contributed by atoms with Gasteiger partial charge in [-0.25, -0.2) is 4.79 Å². The molecule has 2 N–H and O–H groups in total. The molecule has 0 aromatic heterocycles. The van der Waals surface area contributed by atoms with E-state index in [4.69, 9.17) is 4.74 Å². The van der Waals surface area contributed by atoms with Crippen molar-refractivity contribution in [1.82, 2.24) is 15.1 Å². The summed E-state index contributed by atoms with van der Waals surface area (Å²) < 4.78 is 5.57. The Balaban J connectivity index is 1.71. The number of nitrogens with zero attached hydrogens (tertiary/aromatic N) is 2. The molecule has 0 fully saturated rings. The lowest BCUT2D eigenvalue weighted by molar-refractivity contribution is -0.146. The number of ether oxygens (including phenoxy) is 1. The van der Waals surface area contributed by atoms with Crippen LogP contribution >= 0.6 is 0 Å². The predicted molar refractivity (Wildman–Crippen MR) is 125 cm³/mol. The average Bonchev–Trinajstić information content (AvgIpc) is 3.08. The number of carboxylic acid groups (broad SMARTS) is 1. The Morgan fingerprint density at radius 2 is 1.55 bits per heavy atom. The highest BCUT2D eigenvalue weighted by atomic mass is 16.5. The maximum Gasteiger partial charge on any atom is 0.407 e. The standard InChI is InChI=1S/C25H31N3O5/c1-16(2)28(14-23(29)30)24(31)22(13-27(3)4)26-25(32)33-15-21-19-11-7-5-9-17(19)18-10-6-8-12-20(18)21/h5-12,16,21-22H,13-15H2,1-4H3,(H,26,32)(H,29,30)/t22-/m0/s1. The van der Waals surface area contributed by atoms with Crippen molar-refractivity contribution in [2.24, 2.45) is 0 Å². The third-order valence-electron chi connectivity index (χ3n) is 5.69. The van der Waals surface area contributed by atoms with Gasteiger partial charge in [0, 0.05) is 18.5 Å². The zero-order valence-electron chi connectivity index (χ0n) is 19.4. The second kappa shape index (κ2) is 10.5. The highest BCUT2D eigenvalue weighted by Crippen LogP contribution is 2.44. The number of rotatable bonds is 9. The van der Waals surface area contributed by atoms with E-state index < -0.39 is 30.6 Å². The van der Waals surface area contributed by atoms with Crippen molar-refractivity contribution < 1.29 is 24.2 Å². The second-order valence-corrected chi connectivity index (χ2v) is 8.74. The first-order valence-electron chi connectivity index (χ1n) is 11.0. The maximum absolute atomic E-state index is 13.0. The zero-order valence-corrected chi connectivity index (χ0v) is 19.4. The van der Waals surface area contributed by atoms with Crippen LogP contribution in [0.3, 0.4) is 0 Å². The largest absolute Gasteiger partial charge is 0.480 e. The fourth-order valence-corrected chi connectivity index (χ4v) is 4.19. The number of benzene rings is 2. The van der Waals surface area contributed by atoms with Crippen LogP contribution in [-0.2, 0) is 14.3 Å². The van der Waals surface area contributed by atoms with Gasteiger partial charge in [0.25, 0.3) is 0 Å². The number of nitrogens with one attached hydrogen (secondary N) is 1. The molecule has 8 nitrogen and oxygen atoms in total. The van der Waals surface area contributed by atoms with Crippen molar-refractivity contribution in [2.75, 3.05) is 33.8 Å². The molecule has 1 aliphatic rings. The summed E-state index contributed by atoms with van der Waals surface area (Å²) in [6.07, 6.45) is -0.712. The minimum absolute atomic E-state index is 0.0923. The van der Waals surface area contributed by atoms with Gasteiger partial charge < -0.3 is 25.0 Å². The maximum atomic E-state index is 13.0. The summed E-state index contributed by atoms with van der Waals surface area (Å²) in [5.41, 5.74) is 4.45. The molecule has 0 bridgehead atoms. The Labute approximate surface area is 194 Å². The van der Waals surface area contributed by atoms with Gasteiger partial charge in [-0.1, -0.05) is 48.5 Å². The van der Waals surface area contributed by atoms with E-state index >= 15 is 0 Å². The fraction of sp³-hybridized carbons (Fsp3) is 0.400. The number of alkyl carbamates (subject to hydrolysis) is 1. The van der Waals surface area contributed by atoms with Gasteiger partial charge in [-0.3, -0.25) is 9.59 Å². The highest BCUT2D eigenvalue weighted by Gasteiger charge is 2.32. The van der Waals surface area contributed by atoms with Crippen molar-refractivity contribution in [3.05, 3.63) is 59.7 Å². The number of hydrogen-bond acceptors (Lipinski definition) is 5. The summed E-state index contributed by atoms with van der Waals surface area (Å²) in [7, 11) is 3.55. The summed E-state index contributed by atoms with van der Waals surface area (Å²) >= 11 is 0. The first-order valence-corrected chi connectivity index (χ1v) is 11.0. The minimum Gasteiger partial charge on any atom is -0.480 e. The Kier molecular flexibility index (Phi) is 7.71. The van der Waals surface area contributed by atoms with Gasteiger partial charge in [0.05, 0.1) is 0 Å². The number of carboxylic acids is 1. The molecule has 3 rings (SSSR count). The quantitative estimate of drug-likeness (QED) is 0.606. The molecule has 0 unspecified atom stereocenters. The molecule has 0 heterocycles. The molecule has 2 amide bonds. The molecule has 1 atom stereocenters. The summed E-state index contributed by atoms with van der Waals surface area (Å²) in [5, 5.41) is 11.8. The number of fused-ring (bicyclic) bond motifs is 3. The molecule has 0 radical (unpaired) electrons. The van der Waals surface area contributed by atoms with Gasteiger partial charge in [0.15, 0.2) is 0 Å². The molecule has 33 heavy (non-hydrogen) atoms. The minimum atomic E-state index is -1.11. The van der Waals surface area contributed by atoms with E-state index in [1.165, 1.54) is 4.90 Å². The van der Waals surface area contributed by atoms with Gasteiger partial charge in [0.1, 0.15) is 19.2 Å². The summed E-state index contributed by atoms with van der Waals surface area (Å²) in [5.74, 6) is -1.67. The molecule has 0 aliphatic heterocycles. The number of carbonyl (C=O) groups excluding carboxylic acids is 2. The molecule has 8 heteroatoms. The van der Waals surface area contributed by atoms with E-state index in [1.807, 2.05) is 36.4 Å². The zero-order chi connectivity index (χ0) is 24.1. The van der Waals surface area contributed by atoms with E-state index in [2.05, 4.69) is 17.4 Å². The van der Waals surface area contributed by atoms with Crippen LogP contribution in [0.2, 0.25) is 0 Å². The van der Waals surface area contributed by atoms with E-state index in [0.717, 1.165) is 22.3 Å². The molecule has 2 aromatic rings. The predicted octanol–water partition coefficient (Wildman–Crippen LogP) is 2.78. The van der Waals surface area contributed by atoms with Crippen LogP contribution in [0.25, 0.3) is 11.1 Å². The topological polar surface area (TPSA) is 99.2 Å². The first-order chi connectivity index (χ1) is 15.7. The molecule has 176 valence electrons. The first kappa shape index (κ1) is 24.3. The summed E-state index contributed by atoms with van der Waals surface area (Å²) in [4.78, 5) is 40.0. The van der Waals surface area contributed by atoms with E-state index in [1.54, 1.807) is 32.8 Å². The van der Waals surface area contributed by atoms with Crippen LogP contribution in [0, 0.1) is 0 Å². The van der Waals surface area contributed by atoms with Crippen LogP contribution in [0.4, 0.5) is 4.79 Å². The van der Waals surface area contributed by atoms with Crippen LogP contribution in [-0.4, -0.2) is 78.8 Å². The van der Waals surface area contributed by atoms with Gasteiger partial charge in [-0.05, 0) is 50.2 Å². The Hall–Kier alpha value is -3.39. The molecule has 0 saturated carbocycles. The monoisotopic (exact) mass is 453 g/mol. The Bertz CT molecular complexity index is 975. The molecule has 0 saturated heterocycles. The number of aliphatic carboxylic acids is 1. The number of carbonyl (C=O) groups is 3.